The molecule has 1 rings (SSSR count). The van der Waals surface area contributed by atoms with Crippen molar-refractivity contribution in [2.45, 2.75) is 20.3 Å². The molecule has 0 aromatic carbocycles. The van der Waals surface area contributed by atoms with Crippen LogP contribution in [-0.2, 0) is 10.0 Å². The molecule has 5 heteroatoms. The Morgan fingerprint density at radius 1 is 1.50 bits per heavy atom. The summed E-state index contributed by atoms with van der Waals surface area (Å²) < 4.78 is 23.8. The zero-order chi connectivity index (χ0) is 9.41. The number of rotatable bonds is 3. The molecule has 72 valence electrons. The minimum absolute atomic E-state index is 0.180. The third-order valence-electron chi connectivity index (χ3n) is 2.50. The van der Waals surface area contributed by atoms with Gasteiger partial charge in [-0.25, -0.2) is 8.42 Å². The van der Waals surface area contributed by atoms with Gasteiger partial charge in [0.05, 0.1) is 0 Å². The van der Waals surface area contributed by atoms with Crippen molar-refractivity contribution in [3.63, 3.8) is 0 Å². The van der Waals surface area contributed by atoms with E-state index in [9.17, 15) is 8.42 Å². The van der Waals surface area contributed by atoms with Crippen molar-refractivity contribution in [2.24, 2.45) is 5.41 Å². The van der Waals surface area contributed by atoms with E-state index in [2.05, 4.69) is 13.8 Å². The average molecular weight is 212 g/mol. The van der Waals surface area contributed by atoms with Crippen LogP contribution in [0.1, 0.15) is 20.3 Å². The quantitative estimate of drug-likeness (QED) is 0.659. The first-order chi connectivity index (χ1) is 5.43. The molecule has 0 N–H and O–H groups in total. The molecule has 0 amide bonds. The van der Waals surface area contributed by atoms with Gasteiger partial charge in [-0.3, -0.25) is 0 Å². The first kappa shape index (κ1) is 10.3. The summed E-state index contributed by atoms with van der Waals surface area (Å²) in [5, 5.41) is -0.299. The SMILES string of the molecule is CCC1(C)CN(S(=O)(=O)CCl)C1. The lowest BCUT2D eigenvalue weighted by atomic mass is 9.82. The molecule has 0 atom stereocenters. The van der Waals surface area contributed by atoms with E-state index in [1.807, 2.05) is 0 Å². The zero-order valence-corrected chi connectivity index (χ0v) is 8.95. The second-order valence-electron chi connectivity index (χ2n) is 3.65. The van der Waals surface area contributed by atoms with Crippen LogP contribution < -0.4 is 0 Å². The maximum absolute atomic E-state index is 11.2. The minimum atomic E-state index is -3.14. The molecule has 0 spiro atoms. The van der Waals surface area contributed by atoms with Gasteiger partial charge < -0.3 is 0 Å². The van der Waals surface area contributed by atoms with E-state index in [1.54, 1.807) is 0 Å². The fourth-order valence-electron chi connectivity index (χ4n) is 1.29. The Balaban J connectivity index is 2.56. The molecule has 1 heterocycles. The molecule has 0 saturated carbocycles. The van der Waals surface area contributed by atoms with Gasteiger partial charge in [-0.1, -0.05) is 13.8 Å². The highest BCUT2D eigenvalue weighted by Gasteiger charge is 2.42. The molecule has 0 aromatic rings. The van der Waals surface area contributed by atoms with Crippen molar-refractivity contribution < 1.29 is 8.42 Å². The first-order valence-corrected chi connectivity index (χ1v) is 6.12. The van der Waals surface area contributed by atoms with Crippen LogP contribution in [0.25, 0.3) is 0 Å². The van der Waals surface area contributed by atoms with E-state index < -0.39 is 10.0 Å². The predicted octanol–water partition coefficient (Wildman–Crippen LogP) is 1.24. The molecule has 12 heavy (non-hydrogen) atoms. The normalized spacial score (nSPS) is 23.6. The van der Waals surface area contributed by atoms with E-state index >= 15 is 0 Å². The van der Waals surface area contributed by atoms with Crippen LogP contribution in [0.3, 0.4) is 0 Å². The molecule has 1 saturated heterocycles. The predicted molar refractivity (Wildman–Crippen MR) is 49.6 cm³/mol. The van der Waals surface area contributed by atoms with Gasteiger partial charge >= 0.3 is 0 Å². The summed E-state index contributed by atoms with van der Waals surface area (Å²) in [6.45, 7) is 5.41. The summed E-state index contributed by atoms with van der Waals surface area (Å²) >= 11 is 5.31. The number of nitrogens with zero attached hydrogens (tertiary/aromatic N) is 1. The summed E-state index contributed by atoms with van der Waals surface area (Å²) in [7, 11) is -3.14. The minimum Gasteiger partial charge on any atom is -0.211 e. The van der Waals surface area contributed by atoms with E-state index in [4.69, 9.17) is 11.6 Å². The highest BCUT2D eigenvalue weighted by Crippen LogP contribution is 2.35. The number of hydrogen-bond donors (Lipinski definition) is 0. The number of sulfonamides is 1. The molecule has 0 aliphatic carbocycles. The molecule has 0 aromatic heterocycles. The van der Waals surface area contributed by atoms with Gasteiger partial charge in [0.1, 0.15) is 5.21 Å². The maximum atomic E-state index is 11.2. The summed E-state index contributed by atoms with van der Waals surface area (Å²) in [5.74, 6) is 0. The van der Waals surface area contributed by atoms with E-state index in [1.165, 1.54) is 4.31 Å². The third kappa shape index (κ3) is 1.75. The van der Waals surface area contributed by atoms with Gasteiger partial charge in [0.15, 0.2) is 0 Å². The van der Waals surface area contributed by atoms with Gasteiger partial charge in [-0.2, -0.15) is 4.31 Å². The van der Waals surface area contributed by atoms with Gasteiger partial charge in [-0.05, 0) is 11.8 Å². The van der Waals surface area contributed by atoms with Crippen molar-refractivity contribution >= 4 is 21.6 Å². The molecular weight excluding hydrogens is 198 g/mol. The second kappa shape index (κ2) is 3.16. The van der Waals surface area contributed by atoms with Crippen LogP contribution in [-0.4, -0.2) is 31.0 Å². The Morgan fingerprint density at radius 3 is 2.33 bits per heavy atom. The Labute approximate surface area is 78.7 Å². The van der Waals surface area contributed by atoms with Gasteiger partial charge in [0.2, 0.25) is 10.0 Å². The second-order valence-corrected chi connectivity index (χ2v) is 6.21. The van der Waals surface area contributed by atoms with Crippen LogP contribution in [0.4, 0.5) is 0 Å². The number of halogens is 1. The van der Waals surface area contributed by atoms with Gasteiger partial charge in [0, 0.05) is 13.1 Å². The van der Waals surface area contributed by atoms with E-state index in [0.29, 0.717) is 13.1 Å². The lowest BCUT2D eigenvalue weighted by Crippen LogP contribution is -2.56. The Hall–Kier alpha value is 0.200. The zero-order valence-electron chi connectivity index (χ0n) is 7.38. The van der Waals surface area contributed by atoms with Crippen LogP contribution >= 0.6 is 11.6 Å². The third-order valence-corrected chi connectivity index (χ3v) is 4.65. The summed E-state index contributed by atoms with van der Waals surface area (Å²) in [4.78, 5) is 0. The summed E-state index contributed by atoms with van der Waals surface area (Å²) in [6.07, 6.45) is 1.02. The molecule has 0 unspecified atom stereocenters. The van der Waals surface area contributed by atoms with Crippen molar-refractivity contribution in [3.05, 3.63) is 0 Å². The van der Waals surface area contributed by atoms with Gasteiger partial charge in [-0.15, -0.1) is 11.6 Å². The summed E-state index contributed by atoms with van der Waals surface area (Å²) in [5.41, 5.74) is 0.180. The van der Waals surface area contributed by atoms with Crippen molar-refractivity contribution in [1.29, 1.82) is 0 Å². The van der Waals surface area contributed by atoms with Crippen molar-refractivity contribution in [2.75, 3.05) is 18.3 Å². The van der Waals surface area contributed by atoms with Gasteiger partial charge in [0.25, 0.3) is 0 Å². The Bertz CT molecular complexity index is 257. The molecule has 3 nitrogen and oxygen atoms in total. The standard InChI is InChI=1S/C7H14ClNO2S/c1-3-7(2)4-9(5-7)12(10,11)6-8/h3-6H2,1-2H3. The van der Waals surface area contributed by atoms with Crippen molar-refractivity contribution in [1.82, 2.24) is 4.31 Å². The Morgan fingerprint density at radius 2 is 2.00 bits per heavy atom. The van der Waals surface area contributed by atoms with Crippen LogP contribution in [0.5, 0.6) is 0 Å². The highest BCUT2D eigenvalue weighted by molar-refractivity contribution is 7.90. The molecule has 1 aliphatic rings. The number of hydrogen-bond acceptors (Lipinski definition) is 2. The topological polar surface area (TPSA) is 37.4 Å². The highest BCUT2D eigenvalue weighted by atomic mass is 35.5. The summed E-state index contributed by atoms with van der Waals surface area (Å²) in [6, 6.07) is 0. The lowest BCUT2D eigenvalue weighted by Gasteiger charge is -2.46. The molecule has 0 radical (unpaired) electrons. The maximum Gasteiger partial charge on any atom is 0.228 e. The average Bonchev–Trinajstić information content (AvgIpc) is 1.98. The fourth-order valence-corrected chi connectivity index (χ4v) is 2.86. The largest absolute Gasteiger partial charge is 0.228 e. The first-order valence-electron chi connectivity index (χ1n) is 3.97. The molecule has 0 bridgehead atoms. The Kier molecular flexibility index (Phi) is 2.71. The van der Waals surface area contributed by atoms with Crippen LogP contribution in [0, 0.1) is 5.41 Å². The fraction of sp³-hybridized carbons (Fsp3) is 1.00. The molecular formula is C7H14ClNO2S. The van der Waals surface area contributed by atoms with E-state index in [-0.39, 0.29) is 10.6 Å². The van der Waals surface area contributed by atoms with Crippen LogP contribution in [0.2, 0.25) is 0 Å². The van der Waals surface area contributed by atoms with Crippen LogP contribution in [0.15, 0.2) is 0 Å². The number of alkyl halides is 1. The van der Waals surface area contributed by atoms with E-state index in [0.717, 1.165) is 6.42 Å². The lowest BCUT2D eigenvalue weighted by molar-refractivity contribution is 0.0866. The van der Waals surface area contributed by atoms with Crippen molar-refractivity contribution in [3.8, 4) is 0 Å². The smallest absolute Gasteiger partial charge is 0.211 e. The molecule has 1 aliphatic heterocycles. The molecule has 1 fully saturated rings. The monoisotopic (exact) mass is 211 g/mol.